The van der Waals surface area contributed by atoms with E-state index >= 15 is 0 Å². The van der Waals surface area contributed by atoms with Gasteiger partial charge in [-0.1, -0.05) is 19.3 Å². The van der Waals surface area contributed by atoms with Crippen molar-refractivity contribution in [3.05, 3.63) is 0 Å². The van der Waals surface area contributed by atoms with Crippen LogP contribution in [0.2, 0.25) is 0 Å². The molecule has 1 rings (SSSR count). The van der Waals surface area contributed by atoms with Crippen molar-refractivity contribution in [2.75, 3.05) is 7.05 Å². The zero-order chi connectivity index (χ0) is 9.90. The quantitative estimate of drug-likeness (QED) is 0.514. The molecule has 0 spiro atoms. The summed E-state index contributed by atoms with van der Waals surface area (Å²) in [6.45, 7) is 0. The summed E-state index contributed by atoms with van der Waals surface area (Å²) in [6.07, 6.45) is 5.97. The highest BCUT2D eigenvalue weighted by molar-refractivity contribution is 5.79. The van der Waals surface area contributed by atoms with E-state index < -0.39 is 11.5 Å². The van der Waals surface area contributed by atoms with Crippen molar-refractivity contribution in [1.82, 2.24) is 4.90 Å². The third kappa shape index (κ3) is 1.59. The highest BCUT2D eigenvalue weighted by Crippen LogP contribution is 2.32. The van der Waals surface area contributed by atoms with E-state index in [0.29, 0.717) is 12.8 Å². The van der Waals surface area contributed by atoms with Crippen LogP contribution in [0.5, 0.6) is 0 Å². The number of carboxylic acid groups (broad SMARTS) is 1. The smallest absolute Gasteiger partial charge is 0.330 e. The van der Waals surface area contributed by atoms with Crippen LogP contribution in [0.3, 0.4) is 0 Å². The Morgan fingerprint density at radius 1 is 1.46 bits per heavy atom. The summed E-state index contributed by atoms with van der Waals surface area (Å²) in [7, 11) is 1.56. The number of carboxylic acids is 1. The van der Waals surface area contributed by atoms with Crippen molar-refractivity contribution in [2.45, 2.75) is 37.6 Å². The van der Waals surface area contributed by atoms with Crippen LogP contribution < -0.4 is 0 Å². The molecule has 0 saturated heterocycles. The monoisotopic (exact) mass is 182 g/mol. The highest BCUT2D eigenvalue weighted by atomic mass is 16.4. The Bertz CT molecular complexity index is 238. The van der Waals surface area contributed by atoms with Crippen LogP contribution in [-0.2, 0) is 4.79 Å². The average molecular weight is 182 g/mol. The van der Waals surface area contributed by atoms with E-state index in [9.17, 15) is 4.79 Å². The third-order valence-corrected chi connectivity index (χ3v) is 2.87. The highest BCUT2D eigenvalue weighted by Gasteiger charge is 2.43. The molecule has 1 aliphatic carbocycles. The van der Waals surface area contributed by atoms with Gasteiger partial charge in [0, 0.05) is 7.05 Å². The van der Waals surface area contributed by atoms with Crippen molar-refractivity contribution in [2.24, 2.45) is 0 Å². The number of nitrogens with zero attached hydrogens (tertiary/aromatic N) is 2. The summed E-state index contributed by atoms with van der Waals surface area (Å²) < 4.78 is 0. The molecule has 0 atom stereocenters. The molecule has 72 valence electrons. The van der Waals surface area contributed by atoms with Crippen LogP contribution >= 0.6 is 0 Å². The van der Waals surface area contributed by atoms with Crippen molar-refractivity contribution >= 4 is 5.97 Å². The van der Waals surface area contributed by atoms with Gasteiger partial charge in [-0.3, -0.25) is 4.90 Å². The summed E-state index contributed by atoms with van der Waals surface area (Å²) in [5, 5.41) is 17.8. The number of hydrogen-bond acceptors (Lipinski definition) is 3. The molecule has 13 heavy (non-hydrogen) atoms. The summed E-state index contributed by atoms with van der Waals surface area (Å²) in [5.74, 6) is -0.865. The maximum Gasteiger partial charge on any atom is 0.330 e. The zero-order valence-corrected chi connectivity index (χ0v) is 7.79. The molecule has 4 heteroatoms. The van der Waals surface area contributed by atoms with E-state index in [-0.39, 0.29) is 0 Å². The normalized spacial score (nSPS) is 20.3. The second-order valence-electron chi connectivity index (χ2n) is 3.56. The molecule has 1 fully saturated rings. The molecule has 0 radical (unpaired) electrons. The van der Waals surface area contributed by atoms with Crippen LogP contribution in [0.4, 0.5) is 0 Å². The van der Waals surface area contributed by atoms with Crippen molar-refractivity contribution in [3.63, 3.8) is 0 Å². The van der Waals surface area contributed by atoms with E-state index in [1.807, 2.05) is 6.19 Å². The summed E-state index contributed by atoms with van der Waals surface area (Å²) in [4.78, 5) is 12.4. The fourth-order valence-electron chi connectivity index (χ4n) is 1.93. The van der Waals surface area contributed by atoms with Crippen LogP contribution in [0.25, 0.3) is 0 Å². The Balaban J connectivity index is 2.86. The van der Waals surface area contributed by atoms with Gasteiger partial charge in [-0.15, -0.1) is 0 Å². The number of carbonyl (C=O) groups is 1. The molecule has 0 aromatic carbocycles. The van der Waals surface area contributed by atoms with Gasteiger partial charge in [0.05, 0.1) is 0 Å². The zero-order valence-electron chi connectivity index (χ0n) is 7.79. The van der Waals surface area contributed by atoms with Gasteiger partial charge in [0.15, 0.2) is 6.19 Å². The first-order valence-electron chi connectivity index (χ1n) is 4.50. The lowest BCUT2D eigenvalue weighted by atomic mass is 9.81. The first-order chi connectivity index (χ1) is 6.13. The molecular weight excluding hydrogens is 168 g/mol. The lowest BCUT2D eigenvalue weighted by Gasteiger charge is -2.37. The molecule has 0 aromatic rings. The maximum atomic E-state index is 11.1. The minimum atomic E-state index is -0.924. The molecule has 0 aliphatic heterocycles. The molecule has 0 aromatic heterocycles. The first-order valence-corrected chi connectivity index (χ1v) is 4.50. The van der Waals surface area contributed by atoms with Crippen LogP contribution in [-0.4, -0.2) is 28.6 Å². The fourth-order valence-corrected chi connectivity index (χ4v) is 1.93. The van der Waals surface area contributed by atoms with E-state index in [0.717, 1.165) is 19.3 Å². The fraction of sp³-hybridized carbons (Fsp3) is 0.778. The number of nitriles is 1. The maximum absolute atomic E-state index is 11.1. The van der Waals surface area contributed by atoms with E-state index in [2.05, 4.69) is 0 Å². The van der Waals surface area contributed by atoms with Crippen LogP contribution in [0.1, 0.15) is 32.1 Å². The summed E-state index contributed by atoms with van der Waals surface area (Å²) in [6, 6.07) is 0. The minimum Gasteiger partial charge on any atom is -0.479 e. The van der Waals surface area contributed by atoms with Gasteiger partial charge in [0.2, 0.25) is 0 Å². The SMILES string of the molecule is CN(C#N)C1(C(=O)O)CCCCC1. The van der Waals surface area contributed by atoms with Gasteiger partial charge < -0.3 is 5.11 Å². The van der Waals surface area contributed by atoms with Gasteiger partial charge >= 0.3 is 5.97 Å². The summed E-state index contributed by atoms with van der Waals surface area (Å²) >= 11 is 0. The molecule has 0 unspecified atom stereocenters. The largest absolute Gasteiger partial charge is 0.479 e. The minimum absolute atomic E-state index is 0.590. The van der Waals surface area contributed by atoms with Gasteiger partial charge in [-0.2, -0.15) is 5.26 Å². The van der Waals surface area contributed by atoms with E-state index in [1.54, 1.807) is 7.05 Å². The Morgan fingerprint density at radius 2 is 2.00 bits per heavy atom. The Morgan fingerprint density at radius 3 is 2.38 bits per heavy atom. The molecule has 1 saturated carbocycles. The third-order valence-electron chi connectivity index (χ3n) is 2.87. The summed E-state index contributed by atoms with van der Waals surface area (Å²) in [5.41, 5.74) is -0.924. The van der Waals surface area contributed by atoms with Crippen LogP contribution in [0.15, 0.2) is 0 Å². The molecule has 1 aliphatic rings. The topological polar surface area (TPSA) is 64.3 Å². The molecule has 1 N–H and O–H groups in total. The molecule has 0 amide bonds. The standard InChI is InChI=1S/C9H14N2O2/c1-11(7-10)9(8(12)13)5-3-2-4-6-9/h2-6H2,1H3,(H,12,13). The van der Waals surface area contributed by atoms with Gasteiger partial charge in [0.25, 0.3) is 0 Å². The van der Waals surface area contributed by atoms with Gasteiger partial charge in [0.1, 0.15) is 5.54 Å². The van der Waals surface area contributed by atoms with E-state index in [4.69, 9.17) is 10.4 Å². The molecular formula is C9H14N2O2. The average Bonchev–Trinajstić information content (AvgIpc) is 2.17. The predicted molar refractivity (Wildman–Crippen MR) is 46.8 cm³/mol. The second kappa shape index (κ2) is 3.65. The van der Waals surface area contributed by atoms with E-state index in [1.165, 1.54) is 4.90 Å². The molecule has 0 heterocycles. The number of rotatable bonds is 2. The predicted octanol–water partition coefficient (Wildman–Crippen LogP) is 1.19. The Hall–Kier alpha value is -1.24. The second-order valence-corrected chi connectivity index (χ2v) is 3.56. The molecule has 4 nitrogen and oxygen atoms in total. The number of aliphatic carboxylic acids is 1. The Kier molecular flexibility index (Phi) is 2.76. The van der Waals surface area contributed by atoms with Crippen molar-refractivity contribution < 1.29 is 9.90 Å². The van der Waals surface area contributed by atoms with Crippen LogP contribution in [0, 0.1) is 11.5 Å². The lowest BCUT2D eigenvalue weighted by molar-refractivity contribution is -0.150. The lowest BCUT2D eigenvalue weighted by Crippen LogP contribution is -2.52. The Labute approximate surface area is 77.8 Å². The molecule has 0 bridgehead atoms. The first kappa shape index (κ1) is 9.85. The van der Waals surface area contributed by atoms with Gasteiger partial charge in [-0.25, -0.2) is 4.79 Å². The number of likely N-dealkylation sites (N-methyl/N-ethyl adjacent to an activating group) is 1. The van der Waals surface area contributed by atoms with Crippen molar-refractivity contribution in [1.29, 1.82) is 5.26 Å². The number of hydrogen-bond donors (Lipinski definition) is 1. The van der Waals surface area contributed by atoms with Gasteiger partial charge in [-0.05, 0) is 12.8 Å². The van der Waals surface area contributed by atoms with Crippen molar-refractivity contribution in [3.8, 4) is 6.19 Å².